The molecule has 0 amide bonds. The Morgan fingerprint density at radius 1 is 1.06 bits per heavy atom. The maximum atomic E-state index is 6.33. The van der Waals surface area contributed by atoms with Gasteiger partial charge in [0.05, 0.1) is 14.2 Å². The minimum absolute atomic E-state index is 0.230. The van der Waals surface area contributed by atoms with Crippen LogP contribution in [0.2, 0.25) is 0 Å². The summed E-state index contributed by atoms with van der Waals surface area (Å²) >= 11 is 0. The highest BCUT2D eigenvalue weighted by Gasteiger charge is 2.25. The van der Waals surface area contributed by atoms with Crippen LogP contribution in [0.15, 0.2) is 18.2 Å². The Labute approximate surface area is 109 Å². The summed E-state index contributed by atoms with van der Waals surface area (Å²) in [6.45, 7) is 0. The first-order chi connectivity index (χ1) is 8.76. The van der Waals surface area contributed by atoms with E-state index in [0.717, 1.165) is 24.3 Å². The Morgan fingerprint density at radius 3 is 2.56 bits per heavy atom. The largest absolute Gasteiger partial charge is 0.497 e. The van der Waals surface area contributed by atoms with E-state index in [1.165, 1.54) is 24.8 Å². The molecule has 2 rings (SSSR count). The normalized spacial score (nSPS) is 24.4. The van der Waals surface area contributed by atoms with Crippen molar-refractivity contribution in [2.75, 3.05) is 14.2 Å². The Kier molecular flexibility index (Phi) is 4.48. The van der Waals surface area contributed by atoms with Gasteiger partial charge in [0.25, 0.3) is 0 Å². The van der Waals surface area contributed by atoms with Crippen molar-refractivity contribution in [2.45, 2.75) is 44.1 Å². The standard InChI is InChI=1S/C15H23NO2/c1-17-11-8-9-15(18-2)13(10-11)12-6-4-3-5-7-14(12)16/h8-10,12,14H,3-7,16H2,1-2H3. The highest BCUT2D eigenvalue weighted by Crippen LogP contribution is 2.37. The minimum Gasteiger partial charge on any atom is -0.497 e. The summed E-state index contributed by atoms with van der Waals surface area (Å²) in [5.41, 5.74) is 7.53. The fourth-order valence-electron chi connectivity index (χ4n) is 2.85. The maximum absolute atomic E-state index is 6.33. The predicted octanol–water partition coefficient (Wildman–Crippen LogP) is 3.08. The second kappa shape index (κ2) is 6.10. The molecule has 0 aromatic heterocycles. The third-order valence-corrected chi connectivity index (χ3v) is 3.91. The smallest absolute Gasteiger partial charge is 0.122 e. The maximum Gasteiger partial charge on any atom is 0.122 e. The molecule has 0 radical (unpaired) electrons. The topological polar surface area (TPSA) is 44.5 Å². The summed E-state index contributed by atoms with van der Waals surface area (Å²) in [7, 11) is 3.41. The van der Waals surface area contributed by atoms with E-state index in [0.29, 0.717) is 5.92 Å². The van der Waals surface area contributed by atoms with Crippen LogP contribution in [0.1, 0.15) is 43.6 Å². The van der Waals surface area contributed by atoms with Crippen LogP contribution in [0.4, 0.5) is 0 Å². The zero-order valence-corrected chi connectivity index (χ0v) is 11.3. The number of nitrogens with two attached hydrogens (primary N) is 1. The van der Waals surface area contributed by atoms with Crippen molar-refractivity contribution in [3.8, 4) is 11.5 Å². The van der Waals surface area contributed by atoms with E-state index in [1.807, 2.05) is 12.1 Å². The Bertz CT molecular complexity index is 392. The van der Waals surface area contributed by atoms with Gasteiger partial charge >= 0.3 is 0 Å². The van der Waals surface area contributed by atoms with Crippen LogP contribution in [-0.2, 0) is 0 Å². The lowest BCUT2D eigenvalue weighted by Crippen LogP contribution is -2.27. The lowest BCUT2D eigenvalue weighted by molar-refractivity contribution is 0.387. The SMILES string of the molecule is COc1ccc(OC)c(C2CCCCCC2N)c1. The zero-order valence-electron chi connectivity index (χ0n) is 11.3. The Balaban J connectivity index is 2.33. The molecule has 2 unspecified atom stereocenters. The van der Waals surface area contributed by atoms with E-state index in [1.54, 1.807) is 14.2 Å². The van der Waals surface area contributed by atoms with Crippen molar-refractivity contribution in [3.63, 3.8) is 0 Å². The van der Waals surface area contributed by atoms with Gasteiger partial charge in [-0.1, -0.05) is 19.3 Å². The second-order valence-electron chi connectivity index (χ2n) is 5.02. The van der Waals surface area contributed by atoms with Crippen LogP contribution in [0, 0.1) is 0 Å². The second-order valence-corrected chi connectivity index (χ2v) is 5.02. The number of benzene rings is 1. The van der Waals surface area contributed by atoms with Crippen LogP contribution >= 0.6 is 0 Å². The van der Waals surface area contributed by atoms with Gasteiger partial charge in [0.15, 0.2) is 0 Å². The summed E-state index contributed by atoms with van der Waals surface area (Å²) in [5.74, 6) is 2.19. The van der Waals surface area contributed by atoms with Gasteiger partial charge < -0.3 is 15.2 Å². The molecule has 1 saturated carbocycles. The third kappa shape index (κ3) is 2.78. The molecule has 2 N–H and O–H groups in total. The Hall–Kier alpha value is -1.22. The summed E-state index contributed by atoms with van der Waals surface area (Å²) in [4.78, 5) is 0. The average Bonchev–Trinajstić information content (AvgIpc) is 2.62. The van der Waals surface area contributed by atoms with Gasteiger partial charge in [0, 0.05) is 17.5 Å². The molecule has 1 fully saturated rings. The van der Waals surface area contributed by atoms with Crippen molar-refractivity contribution in [3.05, 3.63) is 23.8 Å². The van der Waals surface area contributed by atoms with Crippen LogP contribution in [-0.4, -0.2) is 20.3 Å². The Morgan fingerprint density at radius 2 is 1.83 bits per heavy atom. The first-order valence-corrected chi connectivity index (χ1v) is 6.73. The summed E-state index contributed by atoms with van der Waals surface area (Å²) in [6.07, 6.45) is 6.02. The van der Waals surface area contributed by atoms with Gasteiger partial charge in [0.1, 0.15) is 11.5 Å². The van der Waals surface area contributed by atoms with Crippen molar-refractivity contribution < 1.29 is 9.47 Å². The van der Waals surface area contributed by atoms with Gasteiger partial charge in [-0.25, -0.2) is 0 Å². The number of ether oxygens (including phenoxy) is 2. The quantitative estimate of drug-likeness (QED) is 0.837. The molecule has 0 saturated heterocycles. The van der Waals surface area contributed by atoms with E-state index in [2.05, 4.69) is 6.07 Å². The van der Waals surface area contributed by atoms with E-state index in [4.69, 9.17) is 15.2 Å². The molecule has 1 aliphatic carbocycles. The minimum atomic E-state index is 0.230. The molecule has 1 aromatic rings. The first-order valence-electron chi connectivity index (χ1n) is 6.73. The van der Waals surface area contributed by atoms with E-state index in [9.17, 15) is 0 Å². The summed E-state index contributed by atoms with van der Waals surface area (Å²) in [6, 6.07) is 6.22. The summed E-state index contributed by atoms with van der Waals surface area (Å²) in [5, 5.41) is 0. The highest BCUT2D eigenvalue weighted by atomic mass is 16.5. The van der Waals surface area contributed by atoms with Crippen LogP contribution in [0.5, 0.6) is 11.5 Å². The molecule has 0 aliphatic heterocycles. The van der Waals surface area contributed by atoms with Crippen molar-refractivity contribution in [1.82, 2.24) is 0 Å². The first kappa shape index (κ1) is 13.2. The zero-order chi connectivity index (χ0) is 13.0. The van der Waals surface area contributed by atoms with E-state index < -0.39 is 0 Å². The van der Waals surface area contributed by atoms with Crippen LogP contribution < -0.4 is 15.2 Å². The van der Waals surface area contributed by atoms with E-state index in [-0.39, 0.29) is 6.04 Å². The lowest BCUT2D eigenvalue weighted by Gasteiger charge is -2.24. The van der Waals surface area contributed by atoms with Crippen molar-refractivity contribution >= 4 is 0 Å². The molecular weight excluding hydrogens is 226 g/mol. The van der Waals surface area contributed by atoms with Crippen LogP contribution in [0.3, 0.4) is 0 Å². The van der Waals surface area contributed by atoms with Gasteiger partial charge in [-0.15, -0.1) is 0 Å². The van der Waals surface area contributed by atoms with Crippen molar-refractivity contribution in [1.29, 1.82) is 0 Å². The fourth-order valence-corrected chi connectivity index (χ4v) is 2.85. The van der Waals surface area contributed by atoms with Crippen LogP contribution in [0.25, 0.3) is 0 Å². The van der Waals surface area contributed by atoms with Gasteiger partial charge in [0.2, 0.25) is 0 Å². The number of hydrogen-bond acceptors (Lipinski definition) is 3. The third-order valence-electron chi connectivity index (χ3n) is 3.91. The number of methoxy groups -OCH3 is 2. The van der Waals surface area contributed by atoms with Gasteiger partial charge in [-0.2, -0.15) is 0 Å². The molecule has 1 aliphatic rings. The monoisotopic (exact) mass is 249 g/mol. The molecule has 100 valence electrons. The lowest BCUT2D eigenvalue weighted by atomic mass is 9.87. The molecule has 3 heteroatoms. The molecule has 2 atom stereocenters. The molecular formula is C15H23NO2. The molecule has 0 bridgehead atoms. The summed E-state index contributed by atoms with van der Waals surface area (Å²) < 4.78 is 10.8. The fraction of sp³-hybridized carbons (Fsp3) is 0.600. The molecule has 1 aromatic carbocycles. The average molecular weight is 249 g/mol. The predicted molar refractivity (Wildman–Crippen MR) is 73.3 cm³/mol. The molecule has 0 heterocycles. The van der Waals surface area contributed by atoms with Gasteiger partial charge in [-0.05, 0) is 31.0 Å². The highest BCUT2D eigenvalue weighted by molar-refractivity contribution is 5.43. The van der Waals surface area contributed by atoms with E-state index >= 15 is 0 Å². The van der Waals surface area contributed by atoms with Crippen molar-refractivity contribution in [2.24, 2.45) is 5.73 Å². The molecule has 0 spiro atoms. The number of hydrogen-bond donors (Lipinski definition) is 1. The molecule has 18 heavy (non-hydrogen) atoms. The number of rotatable bonds is 3. The van der Waals surface area contributed by atoms with Gasteiger partial charge in [-0.3, -0.25) is 0 Å². The molecule has 3 nitrogen and oxygen atoms in total.